The first kappa shape index (κ1) is 20.9. The average Bonchev–Trinajstić information content (AvgIpc) is 2.74. The zero-order valence-electron chi connectivity index (χ0n) is 16.8. The third-order valence-corrected chi connectivity index (χ3v) is 5.11. The molecule has 0 aliphatic heterocycles. The lowest BCUT2D eigenvalue weighted by Gasteiger charge is -2.09. The van der Waals surface area contributed by atoms with Crippen molar-refractivity contribution in [2.45, 2.75) is 39.5 Å². The fourth-order valence-electron chi connectivity index (χ4n) is 3.26. The van der Waals surface area contributed by atoms with Gasteiger partial charge in [-0.2, -0.15) is 0 Å². The van der Waals surface area contributed by atoms with Crippen LogP contribution in [0.25, 0.3) is 23.3 Å². The SMILES string of the molecule is CCCCc1ccc(-c2ccc(C=Cc3ccc(CC)cc3F)cc2)c(F)c1F. The Labute approximate surface area is 170 Å². The summed E-state index contributed by atoms with van der Waals surface area (Å²) in [5.41, 5.74) is 3.61. The third kappa shape index (κ3) is 4.97. The molecule has 0 atom stereocenters. The molecule has 0 N–H and O–H groups in total. The number of hydrogen-bond donors (Lipinski definition) is 0. The highest BCUT2D eigenvalue weighted by Gasteiger charge is 2.14. The Morgan fingerprint density at radius 1 is 0.793 bits per heavy atom. The van der Waals surface area contributed by atoms with Crippen molar-refractivity contribution >= 4 is 12.2 Å². The molecule has 29 heavy (non-hydrogen) atoms. The smallest absolute Gasteiger partial charge is 0.166 e. The first-order valence-electron chi connectivity index (χ1n) is 10.1. The molecule has 0 aromatic heterocycles. The molecule has 0 heterocycles. The lowest BCUT2D eigenvalue weighted by Crippen LogP contribution is -1.97. The Kier molecular flexibility index (Phi) is 6.92. The minimum absolute atomic E-state index is 0.250. The van der Waals surface area contributed by atoms with E-state index in [-0.39, 0.29) is 11.4 Å². The molecule has 0 nitrogen and oxygen atoms in total. The highest BCUT2D eigenvalue weighted by molar-refractivity contribution is 5.72. The van der Waals surface area contributed by atoms with E-state index in [0.29, 0.717) is 23.1 Å². The second-order valence-electron chi connectivity index (χ2n) is 7.17. The van der Waals surface area contributed by atoms with Gasteiger partial charge < -0.3 is 0 Å². The standard InChI is InChI=1S/C26H25F3/c1-3-5-6-22-15-16-23(26(29)25(22)28)20-11-8-19(9-12-20)10-14-21-13-7-18(4-2)17-24(21)27/h7-17H,3-6H2,1-2H3. The largest absolute Gasteiger partial charge is 0.206 e. The monoisotopic (exact) mass is 394 g/mol. The van der Waals surface area contributed by atoms with Crippen molar-refractivity contribution in [3.8, 4) is 11.1 Å². The normalized spacial score (nSPS) is 11.3. The summed E-state index contributed by atoms with van der Waals surface area (Å²) < 4.78 is 42.9. The molecule has 0 aliphatic rings. The highest BCUT2D eigenvalue weighted by atomic mass is 19.2. The van der Waals surface area contributed by atoms with Gasteiger partial charge in [0.1, 0.15) is 5.82 Å². The topological polar surface area (TPSA) is 0 Å². The summed E-state index contributed by atoms with van der Waals surface area (Å²) in [5.74, 6) is -1.82. The van der Waals surface area contributed by atoms with Gasteiger partial charge in [-0.3, -0.25) is 0 Å². The van der Waals surface area contributed by atoms with Crippen molar-refractivity contribution in [2.24, 2.45) is 0 Å². The fourth-order valence-corrected chi connectivity index (χ4v) is 3.26. The van der Waals surface area contributed by atoms with Crippen LogP contribution in [-0.2, 0) is 12.8 Å². The number of benzene rings is 3. The van der Waals surface area contributed by atoms with E-state index in [4.69, 9.17) is 0 Å². The van der Waals surface area contributed by atoms with Crippen LogP contribution in [0.15, 0.2) is 54.6 Å². The van der Waals surface area contributed by atoms with Gasteiger partial charge in [-0.05, 0) is 47.6 Å². The van der Waals surface area contributed by atoms with Crippen LogP contribution in [0.4, 0.5) is 13.2 Å². The van der Waals surface area contributed by atoms with Crippen LogP contribution in [-0.4, -0.2) is 0 Å². The minimum atomic E-state index is -0.806. The molecule has 0 saturated heterocycles. The summed E-state index contributed by atoms with van der Waals surface area (Å²) in [7, 11) is 0. The Morgan fingerprint density at radius 2 is 1.55 bits per heavy atom. The molecule has 3 rings (SSSR count). The van der Waals surface area contributed by atoms with Gasteiger partial charge in [-0.1, -0.05) is 81.0 Å². The highest BCUT2D eigenvalue weighted by Crippen LogP contribution is 2.28. The molecular weight excluding hydrogens is 369 g/mol. The summed E-state index contributed by atoms with van der Waals surface area (Å²) >= 11 is 0. The summed E-state index contributed by atoms with van der Waals surface area (Å²) in [6.07, 6.45) is 6.62. The summed E-state index contributed by atoms with van der Waals surface area (Å²) in [6.45, 7) is 4.01. The van der Waals surface area contributed by atoms with Gasteiger partial charge in [0.2, 0.25) is 0 Å². The van der Waals surface area contributed by atoms with E-state index in [9.17, 15) is 13.2 Å². The van der Waals surface area contributed by atoms with Crippen LogP contribution < -0.4 is 0 Å². The third-order valence-electron chi connectivity index (χ3n) is 5.11. The second-order valence-corrected chi connectivity index (χ2v) is 7.17. The molecule has 0 spiro atoms. The summed E-state index contributed by atoms with van der Waals surface area (Å²) in [6, 6.07) is 15.6. The second kappa shape index (κ2) is 9.60. The van der Waals surface area contributed by atoms with Crippen molar-refractivity contribution in [2.75, 3.05) is 0 Å². The first-order valence-corrected chi connectivity index (χ1v) is 10.1. The molecular formula is C26H25F3. The molecule has 0 amide bonds. The maximum Gasteiger partial charge on any atom is 0.166 e. The van der Waals surface area contributed by atoms with E-state index in [1.54, 1.807) is 48.6 Å². The van der Waals surface area contributed by atoms with Crippen LogP contribution in [0.5, 0.6) is 0 Å². The van der Waals surface area contributed by atoms with Crippen LogP contribution in [0.3, 0.4) is 0 Å². The zero-order valence-corrected chi connectivity index (χ0v) is 16.8. The van der Waals surface area contributed by atoms with Gasteiger partial charge >= 0.3 is 0 Å². The molecule has 3 aromatic carbocycles. The van der Waals surface area contributed by atoms with Crippen molar-refractivity contribution in [3.05, 3.63) is 94.3 Å². The molecule has 0 unspecified atom stereocenters. The van der Waals surface area contributed by atoms with Crippen LogP contribution in [0, 0.1) is 17.5 Å². The molecule has 0 saturated carbocycles. The molecule has 3 aromatic rings. The molecule has 150 valence electrons. The zero-order chi connectivity index (χ0) is 20.8. The number of rotatable bonds is 7. The lowest BCUT2D eigenvalue weighted by atomic mass is 9.99. The lowest BCUT2D eigenvalue weighted by molar-refractivity contribution is 0.499. The maximum atomic E-state index is 14.5. The van der Waals surface area contributed by atoms with Gasteiger partial charge in [0, 0.05) is 11.1 Å². The molecule has 0 radical (unpaired) electrons. The van der Waals surface area contributed by atoms with E-state index >= 15 is 0 Å². The summed E-state index contributed by atoms with van der Waals surface area (Å²) in [4.78, 5) is 0. The van der Waals surface area contributed by atoms with Crippen molar-refractivity contribution in [3.63, 3.8) is 0 Å². The summed E-state index contributed by atoms with van der Waals surface area (Å²) in [5, 5.41) is 0. The number of unbranched alkanes of at least 4 members (excludes halogenated alkanes) is 1. The van der Waals surface area contributed by atoms with Gasteiger partial charge in [0.15, 0.2) is 11.6 Å². The average molecular weight is 394 g/mol. The van der Waals surface area contributed by atoms with E-state index in [0.717, 1.165) is 30.4 Å². The Bertz CT molecular complexity index is 1000. The first-order chi connectivity index (χ1) is 14.0. The van der Waals surface area contributed by atoms with Gasteiger partial charge in [-0.15, -0.1) is 0 Å². The quantitative estimate of drug-likeness (QED) is 0.358. The van der Waals surface area contributed by atoms with E-state index in [1.807, 2.05) is 32.0 Å². The minimum Gasteiger partial charge on any atom is -0.206 e. The van der Waals surface area contributed by atoms with Crippen LogP contribution in [0.1, 0.15) is 48.9 Å². The van der Waals surface area contributed by atoms with Gasteiger partial charge in [0.05, 0.1) is 0 Å². The van der Waals surface area contributed by atoms with Crippen molar-refractivity contribution < 1.29 is 13.2 Å². The Morgan fingerprint density at radius 3 is 2.21 bits per heavy atom. The molecule has 0 aliphatic carbocycles. The fraction of sp³-hybridized carbons (Fsp3) is 0.231. The van der Waals surface area contributed by atoms with E-state index in [1.165, 1.54) is 0 Å². The molecule has 0 bridgehead atoms. The van der Waals surface area contributed by atoms with E-state index in [2.05, 4.69) is 0 Å². The number of halogens is 3. The van der Waals surface area contributed by atoms with Crippen molar-refractivity contribution in [1.29, 1.82) is 0 Å². The Balaban J connectivity index is 1.79. The number of aryl methyl sites for hydroxylation is 2. The Hall–Kier alpha value is -2.81. The maximum absolute atomic E-state index is 14.5. The van der Waals surface area contributed by atoms with E-state index < -0.39 is 11.6 Å². The molecule has 0 fully saturated rings. The predicted molar refractivity (Wildman–Crippen MR) is 115 cm³/mol. The van der Waals surface area contributed by atoms with Crippen LogP contribution in [0.2, 0.25) is 0 Å². The van der Waals surface area contributed by atoms with Gasteiger partial charge in [0.25, 0.3) is 0 Å². The molecule has 3 heteroatoms. The van der Waals surface area contributed by atoms with Gasteiger partial charge in [-0.25, -0.2) is 13.2 Å². The predicted octanol–water partition coefficient (Wildman–Crippen LogP) is 7.85. The van der Waals surface area contributed by atoms with Crippen molar-refractivity contribution in [1.82, 2.24) is 0 Å². The number of hydrogen-bond acceptors (Lipinski definition) is 0. The van der Waals surface area contributed by atoms with Crippen LogP contribution >= 0.6 is 0 Å².